The molecular weight excluding hydrogens is 335 g/mol. The molecule has 6 heteroatoms. The third-order valence-corrected chi connectivity index (χ3v) is 2.36. The van der Waals surface area contributed by atoms with Crippen LogP contribution in [0.25, 0.3) is 0 Å². The molecule has 0 unspecified atom stereocenters. The lowest BCUT2D eigenvalue weighted by Crippen LogP contribution is -2.28. The van der Waals surface area contributed by atoms with E-state index in [0.717, 1.165) is 9.13 Å². The van der Waals surface area contributed by atoms with Gasteiger partial charge in [-0.15, -0.1) is 0 Å². The summed E-state index contributed by atoms with van der Waals surface area (Å²) in [5, 5.41) is 3.66. The molecule has 1 amide bonds. The molecule has 0 aromatic heterocycles. The van der Waals surface area contributed by atoms with Gasteiger partial charge in [0.2, 0.25) is 0 Å². The zero-order valence-corrected chi connectivity index (χ0v) is 11.3. The van der Waals surface area contributed by atoms with E-state index >= 15 is 0 Å². The van der Waals surface area contributed by atoms with Crippen LogP contribution in [0.2, 0.25) is 0 Å². The minimum absolute atomic E-state index is 0.160. The normalized spacial score (nSPS) is 10.2. The van der Waals surface area contributed by atoms with Crippen LogP contribution >= 0.6 is 22.6 Å². The average molecular weight is 346 g/mol. The predicted octanol–water partition coefficient (Wildman–Crippen LogP) is 1.30. The first-order chi connectivity index (χ1) is 8.13. The number of carbonyl (C=O) groups excluding carboxylic acids is 2. The van der Waals surface area contributed by atoms with Gasteiger partial charge in [-0.05, 0) is 47.2 Å². The number of hydrogen-bond acceptors (Lipinski definition) is 4. The Balaban J connectivity index is 2.50. The fourth-order valence-electron chi connectivity index (χ4n) is 0.995. The first-order valence-electron chi connectivity index (χ1n) is 4.89. The fraction of sp³-hybridized carbons (Fsp3) is 0.182. The molecule has 0 aliphatic heterocycles. The van der Waals surface area contributed by atoms with E-state index in [1.807, 2.05) is 24.3 Å². The van der Waals surface area contributed by atoms with Crippen LogP contribution in [0.4, 0.5) is 0 Å². The number of carbonyl (C=O) groups is 2. The van der Waals surface area contributed by atoms with Crippen molar-refractivity contribution in [3.05, 3.63) is 33.4 Å². The summed E-state index contributed by atoms with van der Waals surface area (Å²) in [7, 11) is 0. The second kappa shape index (κ2) is 7.00. The highest BCUT2D eigenvalue weighted by atomic mass is 127. The number of benzene rings is 1. The smallest absolute Gasteiger partial charge is 0.398 e. The van der Waals surface area contributed by atoms with Crippen molar-refractivity contribution in [2.24, 2.45) is 5.10 Å². The third-order valence-electron chi connectivity index (χ3n) is 1.69. The Morgan fingerprint density at radius 2 is 2.29 bits per heavy atom. The number of esters is 1. The van der Waals surface area contributed by atoms with Gasteiger partial charge in [-0.25, -0.2) is 10.2 Å². The van der Waals surface area contributed by atoms with Gasteiger partial charge in [-0.2, -0.15) is 5.10 Å². The molecule has 1 aromatic carbocycles. The summed E-state index contributed by atoms with van der Waals surface area (Å²) in [6.07, 6.45) is 1.46. The highest BCUT2D eigenvalue weighted by molar-refractivity contribution is 14.1. The average Bonchev–Trinajstić information content (AvgIpc) is 2.29. The molecule has 1 aromatic rings. The number of rotatable bonds is 3. The van der Waals surface area contributed by atoms with Crippen LogP contribution in [-0.4, -0.2) is 24.7 Å². The van der Waals surface area contributed by atoms with Gasteiger partial charge in [-0.1, -0.05) is 12.1 Å². The quantitative estimate of drug-likeness (QED) is 0.295. The minimum Gasteiger partial charge on any atom is -0.459 e. The summed E-state index contributed by atoms with van der Waals surface area (Å²) in [6.45, 7) is 1.78. The van der Waals surface area contributed by atoms with Crippen molar-refractivity contribution in [3.63, 3.8) is 0 Å². The molecule has 0 saturated heterocycles. The highest BCUT2D eigenvalue weighted by Gasteiger charge is 2.12. The lowest BCUT2D eigenvalue weighted by atomic mass is 10.2. The molecular formula is C11H11IN2O3. The van der Waals surface area contributed by atoms with Crippen molar-refractivity contribution in [2.45, 2.75) is 6.92 Å². The number of ether oxygens (including phenoxy) is 1. The van der Waals surface area contributed by atoms with Crippen molar-refractivity contribution in [1.29, 1.82) is 0 Å². The van der Waals surface area contributed by atoms with E-state index in [1.165, 1.54) is 6.21 Å². The fourth-order valence-corrected chi connectivity index (χ4v) is 1.56. The van der Waals surface area contributed by atoms with Gasteiger partial charge in [0.15, 0.2) is 0 Å². The maximum absolute atomic E-state index is 11.1. The van der Waals surface area contributed by atoms with Crippen molar-refractivity contribution >= 4 is 40.7 Å². The van der Waals surface area contributed by atoms with E-state index in [-0.39, 0.29) is 6.61 Å². The molecule has 1 rings (SSSR count). The number of hydrazone groups is 1. The van der Waals surface area contributed by atoms with Crippen molar-refractivity contribution < 1.29 is 14.3 Å². The van der Waals surface area contributed by atoms with Crippen LogP contribution in [0.3, 0.4) is 0 Å². The highest BCUT2D eigenvalue weighted by Crippen LogP contribution is 2.05. The van der Waals surface area contributed by atoms with E-state index < -0.39 is 11.9 Å². The Kier molecular flexibility index (Phi) is 5.61. The van der Waals surface area contributed by atoms with E-state index in [1.54, 1.807) is 6.92 Å². The summed E-state index contributed by atoms with van der Waals surface area (Å²) in [6, 6.07) is 7.54. The standard InChI is InChI=1S/C11H11IN2O3/c1-2-17-11(16)10(15)14-13-7-8-4-3-5-9(12)6-8/h3-7H,2H2,1H3,(H,14,15). The molecule has 90 valence electrons. The number of amides is 1. The number of hydrogen-bond donors (Lipinski definition) is 1. The van der Waals surface area contributed by atoms with Crippen molar-refractivity contribution in [3.8, 4) is 0 Å². The Bertz CT molecular complexity index is 446. The Hall–Kier alpha value is -1.44. The summed E-state index contributed by atoms with van der Waals surface area (Å²) < 4.78 is 5.56. The predicted molar refractivity (Wildman–Crippen MR) is 71.5 cm³/mol. The SMILES string of the molecule is CCOC(=O)C(=O)NN=Cc1cccc(I)c1. The van der Waals surface area contributed by atoms with E-state index in [9.17, 15) is 9.59 Å². The molecule has 0 aliphatic carbocycles. The molecule has 17 heavy (non-hydrogen) atoms. The Morgan fingerprint density at radius 1 is 1.53 bits per heavy atom. The summed E-state index contributed by atoms with van der Waals surface area (Å²) in [5.41, 5.74) is 2.92. The largest absolute Gasteiger partial charge is 0.459 e. The number of nitrogens with zero attached hydrogens (tertiary/aromatic N) is 1. The summed E-state index contributed by atoms with van der Waals surface area (Å²) >= 11 is 2.17. The molecule has 0 fully saturated rings. The molecule has 0 aliphatic rings. The van der Waals surface area contributed by atoms with Gasteiger partial charge < -0.3 is 4.74 Å². The topological polar surface area (TPSA) is 67.8 Å². The van der Waals surface area contributed by atoms with Crippen LogP contribution < -0.4 is 5.43 Å². The first kappa shape index (κ1) is 13.6. The maximum atomic E-state index is 11.1. The van der Waals surface area contributed by atoms with Crippen LogP contribution in [0.5, 0.6) is 0 Å². The maximum Gasteiger partial charge on any atom is 0.398 e. The molecule has 0 bridgehead atoms. The lowest BCUT2D eigenvalue weighted by molar-refractivity contribution is -0.154. The van der Waals surface area contributed by atoms with Crippen LogP contribution in [0.1, 0.15) is 12.5 Å². The Morgan fingerprint density at radius 3 is 2.94 bits per heavy atom. The van der Waals surface area contributed by atoms with Gasteiger partial charge in [0.25, 0.3) is 0 Å². The van der Waals surface area contributed by atoms with E-state index in [2.05, 4.69) is 37.9 Å². The summed E-state index contributed by atoms with van der Waals surface area (Å²) in [5.74, 6) is -1.82. The zero-order chi connectivity index (χ0) is 12.7. The van der Waals surface area contributed by atoms with E-state index in [0.29, 0.717) is 0 Å². The molecule has 0 heterocycles. The number of nitrogens with one attached hydrogen (secondary N) is 1. The van der Waals surface area contributed by atoms with Gasteiger partial charge >= 0.3 is 11.9 Å². The molecule has 1 N–H and O–H groups in total. The summed E-state index contributed by atoms with van der Waals surface area (Å²) in [4.78, 5) is 22.0. The third kappa shape index (κ3) is 4.94. The van der Waals surface area contributed by atoms with E-state index in [4.69, 9.17) is 0 Å². The number of halogens is 1. The van der Waals surface area contributed by atoms with Crippen molar-refractivity contribution in [1.82, 2.24) is 5.43 Å². The second-order valence-electron chi connectivity index (χ2n) is 2.97. The first-order valence-corrected chi connectivity index (χ1v) is 5.97. The van der Waals surface area contributed by atoms with Crippen LogP contribution in [0, 0.1) is 3.57 Å². The van der Waals surface area contributed by atoms with Crippen LogP contribution in [0.15, 0.2) is 29.4 Å². The monoisotopic (exact) mass is 346 g/mol. The zero-order valence-electron chi connectivity index (χ0n) is 9.14. The van der Waals surface area contributed by atoms with Gasteiger partial charge in [0, 0.05) is 3.57 Å². The van der Waals surface area contributed by atoms with Gasteiger partial charge in [0.05, 0.1) is 12.8 Å². The van der Waals surface area contributed by atoms with Crippen LogP contribution in [-0.2, 0) is 14.3 Å². The molecule has 0 radical (unpaired) electrons. The second-order valence-corrected chi connectivity index (χ2v) is 4.22. The van der Waals surface area contributed by atoms with Crippen molar-refractivity contribution in [2.75, 3.05) is 6.61 Å². The molecule has 0 spiro atoms. The van der Waals surface area contributed by atoms with Gasteiger partial charge in [0.1, 0.15) is 0 Å². The lowest BCUT2D eigenvalue weighted by Gasteiger charge is -1.99. The Labute approximate surface area is 112 Å². The minimum atomic E-state index is -0.938. The molecule has 0 saturated carbocycles. The molecule has 5 nitrogen and oxygen atoms in total. The van der Waals surface area contributed by atoms with Gasteiger partial charge in [-0.3, -0.25) is 4.79 Å². The molecule has 0 atom stereocenters.